The van der Waals surface area contributed by atoms with Crippen molar-refractivity contribution in [3.05, 3.63) is 88.7 Å². The smallest absolute Gasteiger partial charge is 0.127 e. The fourth-order valence-electron chi connectivity index (χ4n) is 3.11. The molecule has 3 rings (SSSR count). The van der Waals surface area contributed by atoms with Gasteiger partial charge in [-0.2, -0.15) is 0 Å². The molecule has 0 bridgehead atoms. The third kappa shape index (κ3) is 5.61. The summed E-state index contributed by atoms with van der Waals surface area (Å²) in [5, 5.41) is 3.41. The van der Waals surface area contributed by atoms with E-state index in [2.05, 4.69) is 5.32 Å². The SMILES string of the molecule is COc1ccc(/C=C/c2cc(OC)cc(OC)c2CNCc2ccc(F)cc2)cc1. The van der Waals surface area contributed by atoms with Crippen LogP contribution in [0.1, 0.15) is 22.3 Å². The van der Waals surface area contributed by atoms with Gasteiger partial charge in [0.05, 0.1) is 21.3 Å². The van der Waals surface area contributed by atoms with Gasteiger partial charge in [-0.05, 0) is 47.0 Å². The second-order valence-electron chi connectivity index (χ2n) is 6.73. The molecule has 3 aromatic rings. The summed E-state index contributed by atoms with van der Waals surface area (Å²) < 4.78 is 29.4. The van der Waals surface area contributed by atoms with Crippen LogP contribution in [0.15, 0.2) is 60.7 Å². The Bertz CT molecular complexity index is 983. The number of hydrogen-bond acceptors (Lipinski definition) is 4. The highest BCUT2D eigenvalue weighted by Crippen LogP contribution is 2.30. The molecule has 5 heteroatoms. The predicted octanol–water partition coefficient (Wildman–Crippen LogP) is 5.31. The molecular weight excluding hydrogens is 381 g/mol. The maximum absolute atomic E-state index is 13.1. The van der Waals surface area contributed by atoms with Crippen LogP contribution in [-0.2, 0) is 13.1 Å². The fourth-order valence-corrected chi connectivity index (χ4v) is 3.11. The zero-order valence-electron chi connectivity index (χ0n) is 17.4. The molecule has 0 unspecified atom stereocenters. The Balaban J connectivity index is 1.82. The molecule has 1 N–H and O–H groups in total. The number of benzene rings is 3. The lowest BCUT2D eigenvalue weighted by molar-refractivity contribution is 0.389. The second kappa shape index (κ2) is 10.5. The fraction of sp³-hybridized carbons (Fsp3) is 0.200. The minimum absolute atomic E-state index is 0.235. The van der Waals surface area contributed by atoms with Crippen LogP contribution in [-0.4, -0.2) is 21.3 Å². The normalized spacial score (nSPS) is 10.9. The van der Waals surface area contributed by atoms with E-state index in [0.717, 1.165) is 39.5 Å². The highest BCUT2D eigenvalue weighted by atomic mass is 19.1. The highest BCUT2D eigenvalue weighted by molar-refractivity contribution is 5.73. The molecule has 0 saturated carbocycles. The molecule has 0 spiro atoms. The Kier molecular flexibility index (Phi) is 7.46. The van der Waals surface area contributed by atoms with Crippen LogP contribution in [0.5, 0.6) is 17.2 Å². The summed E-state index contributed by atoms with van der Waals surface area (Å²) in [6, 6.07) is 18.2. The molecule has 0 saturated heterocycles. The molecular formula is C25H26FNO3. The van der Waals surface area contributed by atoms with E-state index < -0.39 is 0 Å². The van der Waals surface area contributed by atoms with Gasteiger partial charge in [0.1, 0.15) is 23.1 Å². The highest BCUT2D eigenvalue weighted by Gasteiger charge is 2.11. The maximum atomic E-state index is 13.1. The molecule has 0 aliphatic rings. The van der Waals surface area contributed by atoms with Crippen molar-refractivity contribution in [2.45, 2.75) is 13.1 Å². The summed E-state index contributed by atoms with van der Waals surface area (Å²) in [6.45, 7) is 1.21. The van der Waals surface area contributed by atoms with Crippen molar-refractivity contribution in [3.63, 3.8) is 0 Å². The number of methoxy groups -OCH3 is 3. The predicted molar refractivity (Wildman–Crippen MR) is 118 cm³/mol. The standard InChI is InChI=1S/C25H26FNO3/c1-28-22-12-7-18(8-13-22)4-9-20-14-23(29-2)15-25(30-3)24(20)17-27-16-19-5-10-21(26)11-6-19/h4-15,27H,16-17H2,1-3H3/b9-4+. The third-order valence-electron chi connectivity index (χ3n) is 4.79. The van der Waals surface area contributed by atoms with Crippen molar-refractivity contribution in [2.24, 2.45) is 0 Å². The Labute approximate surface area is 176 Å². The lowest BCUT2D eigenvalue weighted by Gasteiger charge is -2.15. The van der Waals surface area contributed by atoms with Crippen LogP contribution in [0.2, 0.25) is 0 Å². The zero-order chi connectivity index (χ0) is 21.3. The van der Waals surface area contributed by atoms with Crippen molar-refractivity contribution in [3.8, 4) is 17.2 Å². The Morgan fingerprint density at radius 1 is 0.767 bits per heavy atom. The zero-order valence-corrected chi connectivity index (χ0v) is 17.4. The number of ether oxygens (including phenoxy) is 3. The summed E-state index contributed by atoms with van der Waals surface area (Å²) in [6.07, 6.45) is 4.08. The van der Waals surface area contributed by atoms with Crippen molar-refractivity contribution in [1.29, 1.82) is 0 Å². The second-order valence-corrected chi connectivity index (χ2v) is 6.73. The number of hydrogen-bond donors (Lipinski definition) is 1. The van der Waals surface area contributed by atoms with Crippen LogP contribution in [0.25, 0.3) is 12.2 Å². The van der Waals surface area contributed by atoms with E-state index in [4.69, 9.17) is 14.2 Å². The van der Waals surface area contributed by atoms with Crippen LogP contribution < -0.4 is 19.5 Å². The van der Waals surface area contributed by atoms with Gasteiger partial charge in [0.2, 0.25) is 0 Å². The summed E-state index contributed by atoms with van der Waals surface area (Å²) in [7, 11) is 4.94. The minimum atomic E-state index is -0.235. The summed E-state index contributed by atoms with van der Waals surface area (Å²) >= 11 is 0. The van der Waals surface area contributed by atoms with Gasteiger partial charge in [-0.15, -0.1) is 0 Å². The van der Waals surface area contributed by atoms with Crippen molar-refractivity contribution in [1.82, 2.24) is 5.32 Å². The Hall–Kier alpha value is -3.31. The molecule has 0 fully saturated rings. The van der Waals surface area contributed by atoms with Gasteiger partial charge in [-0.1, -0.05) is 36.4 Å². The Morgan fingerprint density at radius 2 is 1.47 bits per heavy atom. The van der Waals surface area contributed by atoms with E-state index in [1.807, 2.05) is 48.6 Å². The van der Waals surface area contributed by atoms with Crippen molar-refractivity contribution >= 4 is 12.2 Å². The topological polar surface area (TPSA) is 39.7 Å². The van der Waals surface area contributed by atoms with E-state index in [0.29, 0.717) is 13.1 Å². The average Bonchev–Trinajstić information content (AvgIpc) is 2.79. The lowest BCUT2D eigenvalue weighted by Crippen LogP contribution is -2.14. The summed E-state index contributed by atoms with van der Waals surface area (Å²) in [5.74, 6) is 2.06. The van der Waals surface area contributed by atoms with Crippen LogP contribution in [0.3, 0.4) is 0 Å². The monoisotopic (exact) mass is 407 g/mol. The molecule has 0 radical (unpaired) electrons. The van der Waals surface area contributed by atoms with E-state index in [-0.39, 0.29) is 5.82 Å². The maximum Gasteiger partial charge on any atom is 0.127 e. The first-order chi connectivity index (χ1) is 14.6. The van der Waals surface area contributed by atoms with Gasteiger partial charge in [-0.25, -0.2) is 4.39 Å². The third-order valence-corrected chi connectivity index (χ3v) is 4.79. The van der Waals surface area contributed by atoms with Crippen LogP contribution in [0, 0.1) is 5.82 Å². The first-order valence-corrected chi connectivity index (χ1v) is 9.65. The lowest BCUT2D eigenvalue weighted by atomic mass is 10.0. The van der Waals surface area contributed by atoms with Crippen LogP contribution in [0.4, 0.5) is 4.39 Å². The quantitative estimate of drug-likeness (QED) is 0.488. The van der Waals surface area contributed by atoms with E-state index >= 15 is 0 Å². The van der Waals surface area contributed by atoms with E-state index in [1.54, 1.807) is 33.5 Å². The van der Waals surface area contributed by atoms with Gasteiger partial charge in [0, 0.05) is 24.7 Å². The Morgan fingerprint density at radius 3 is 2.10 bits per heavy atom. The number of nitrogens with one attached hydrogen (secondary N) is 1. The van der Waals surface area contributed by atoms with Gasteiger partial charge >= 0.3 is 0 Å². The summed E-state index contributed by atoms with van der Waals surface area (Å²) in [5.41, 5.74) is 4.08. The molecule has 0 aliphatic heterocycles. The minimum Gasteiger partial charge on any atom is -0.497 e. The van der Waals surface area contributed by atoms with Crippen LogP contribution >= 0.6 is 0 Å². The number of halogens is 1. The molecule has 0 aromatic heterocycles. The van der Waals surface area contributed by atoms with Gasteiger partial charge in [0.15, 0.2) is 0 Å². The molecule has 4 nitrogen and oxygen atoms in total. The van der Waals surface area contributed by atoms with E-state index in [9.17, 15) is 4.39 Å². The first-order valence-electron chi connectivity index (χ1n) is 9.65. The number of rotatable bonds is 9. The summed E-state index contributed by atoms with van der Waals surface area (Å²) in [4.78, 5) is 0. The largest absolute Gasteiger partial charge is 0.497 e. The molecule has 0 atom stereocenters. The van der Waals surface area contributed by atoms with Gasteiger partial charge < -0.3 is 19.5 Å². The molecule has 0 amide bonds. The van der Waals surface area contributed by atoms with Crippen molar-refractivity contribution in [2.75, 3.05) is 21.3 Å². The molecule has 0 aliphatic carbocycles. The van der Waals surface area contributed by atoms with Crippen molar-refractivity contribution < 1.29 is 18.6 Å². The molecule has 30 heavy (non-hydrogen) atoms. The first kappa shape index (κ1) is 21.4. The van der Waals surface area contributed by atoms with Gasteiger partial charge in [0.25, 0.3) is 0 Å². The van der Waals surface area contributed by atoms with Gasteiger partial charge in [-0.3, -0.25) is 0 Å². The van der Waals surface area contributed by atoms with E-state index in [1.165, 1.54) is 12.1 Å². The molecule has 3 aromatic carbocycles. The average molecular weight is 407 g/mol. The molecule has 156 valence electrons. The molecule has 0 heterocycles.